The molecule has 1 saturated heterocycles. The van der Waals surface area contributed by atoms with Gasteiger partial charge in [0.15, 0.2) is 0 Å². The van der Waals surface area contributed by atoms with Crippen molar-refractivity contribution in [2.45, 2.75) is 51.0 Å². The molecular weight excluding hydrogens is 336 g/mol. The molecule has 1 aromatic carbocycles. The van der Waals surface area contributed by atoms with E-state index in [-0.39, 0.29) is 18.3 Å². The number of halogens is 1. The van der Waals surface area contributed by atoms with Gasteiger partial charge in [0.2, 0.25) is 0 Å². The molecule has 2 aliphatic rings. The number of likely N-dealkylation sites (tertiary alicyclic amines) is 1. The molecule has 1 amide bonds. The van der Waals surface area contributed by atoms with Crippen molar-refractivity contribution in [2.75, 3.05) is 26.7 Å². The fourth-order valence-electron chi connectivity index (χ4n) is 3.86. The Morgan fingerprint density at radius 1 is 1.20 bits per heavy atom. The summed E-state index contributed by atoms with van der Waals surface area (Å²) in [5.41, 5.74) is 0.763. The van der Waals surface area contributed by atoms with Crippen LogP contribution >= 0.6 is 12.4 Å². The number of rotatable bonds is 6. The number of hydrogen-bond acceptors (Lipinski definition) is 3. The minimum Gasteiger partial charge on any atom is -0.490 e. The van der Waals surface area contributed by atoms with E-state index in [9.17, 15) is 4.79 Å². The van der Waals surface area contributed by atoms with Crippen LogP contribution in [0, 0.1) is 5.92 Å². The molecule has 1 saturated carbocycles. The van der Waals surface area contributed by atoms with E-state index in [0.717, 1.165) is 62.5 Å². The molecule has 0 atom stereocenters. The fourth-order valence-corrected chi connectivity index (χ4v) is 3.86. The van der Waals surface area contributed by atoms with Gasteiger partial charge in [-0.15, -0.1) is 12.4 Å². The lowest BCUT2D eigenvalue weighted by Gasteiger charge is -2.32. The zero-order valence-electron chi connectivity index (χ0n) is 15.2. The first-order valence-electron chi connectivity index (χ1n) is 9.47. The maximum absolute atomic E-state index is 12.8. The van der Waals surface area contributed by atoms with Gasteiger partial charge >= 0.3 is 0 Å². The average Bonchev–Trinajstić information content (AvgIpc) is 3.13. The molecule has 3 rings (SSSR count). The van der Waals surface area contributed by atoms with Crippen molar-refractivity contribution in [3.8, 4) is 5.75 Å². The molecule has 0 spiro atoms. The molecule has 1 aliphatic heterocycles. The second kappa shape index (κ2) is 10.0. The molecule has 1 aliphatic carbocycles. The predicted molar refractivity (Wildman–Crippen MR) is 104 cm³/mol. The minimum atomic E-state index is 0. The number of carbonyl (C=O) groups is 1. The summed E-state index contributed by atoms with van der Waals surface area (Å²) in [4.78, 5) is 14.8. The Balaban J connectivity index is 0.00000225. The highest BCUT2D eigenvalue weighted by Crippen LogP contribution is 2.26. The number of nitrogens with zero attached hydrogens (tertiary/aromatic N) is 1. The number of piperidine rings is 1. The molecule has 5 heteroatoms. The van der Waals surface area contributed by atoms with Crippen LogP contribution in [0.15, 0.2) is 24.3 Å². The largest absolute Gasteiger partial charge is 0.490 e. The first-order valence-corrected chi connectivity index (χ1v) is 9.47. The standard InChI is InChI=1S/C20H30N2O2.ClH/c1-21-12-9-16-10-13-22(14-11-16)20(23)17-5-4-8-19(15-17)24-18-6-2-3-7-18;/h4-5,8,15-16,18,21H,2-3,6-7,9-14H2,1H3;1H. The van der Waals surface area contributed by atoms with Crippen LogP contribution in [0.25, 0.3) is 0 Å². The van der Waals surface area contributed by atoms with E-state index in [1.165, 1.54) is 19.3 Å². The first kappa shape index (κ1) is 20.1. The summed E-state index contributed by atoms with van der Waals surface area (Å²) >= 11 is 0. The Kier molecular flexibility index (Phi) is 8.04. The fraction of sp³-hybridized carbons (Fsp3) is 0.650. The molecule has 4 nitrogen and oxygen atoms in total. The smallest absolute Gasteiger partial charge is 0.253 e. The summed E-state index contributed by atoms with van der Waals surface area (Å²) in [6, 6.07) is 7.75. The van der Waals surface area contributed by atoms with Gasteiger partial charge in [0.25, 0.3) is 5.91 Å². The summed E-state index contributed by atoms with van der Waals surface area (Å²) in [6.45, 7) is 2.82. The lowest BCUT2D eigenvalue weighted by Crippen LogP contribution is -2.39. The van der Waals surface area contributed by atoms with Crippen molar-refractivity contribution in [3.05, 3.63) is 29.8 Å². The molecule has 140 valence electrons. The number of carbonyl (C=O) groups excluding carboxylic acids is 1. The molecule has 1 heterocycles. The highest BCUT2D eigenvalue weighted by molar-refractivity contribution is 5.94. The van der Waals surface area contributed by atoms with Crippen LogP contribution < -0.4 is 10.1 Å². The van der Waals surface area contributed by atoms with E-state index >= 15 is 0 Å². The topological polar surface area (TPSA) is 41.6 Å². The van der Waals surface area contributed by atoms with E-state index in [4.69, 9.17) is 4.74 Å². The number of nitrogens with one attached hydrogen (secondary N) is 1. The van der Waals surface area contributed by atoms with E-state index in [1.807, 2.05) is 36.2 Å². The number of ether oxygens (including phenoxy) is 1. The monoisotopic (exact) mass is 366 g/mol. The molecule has 1 N–H and O–H groups in total. The summed E-state index contributed by atoms with van der Waals surface area (Å²) in [5.74, 6) is 1.74. The third-order valence-corrected chi connectivity index (χ3v) is 5.39. The molecule has 1 aromatic rings. The van der Waals surface area contributed by atoms with Crippen molar-refractivity contribution < 1.29 is 9.53 Å². The SMILES string of the molecule is CNCCC1CCN(C(=O)c2cccc(OC3CCCC3)c2)CC1.Cl. The maximum Gasteiger partial charge on any atom is 0.253 e. The van der Waals surface area contributed by atoms with Gasteiger partial charge in [-0.25, -0.2) is 0 Å². The van der Waals surface area contributed by atoms with Crippen LogP contribution in [-0.4, -0.2) is 43.6 Å². The van der Waals surface area contributed by atoms with E-state index in [1.54, 1.807) is 0 Å². The van der Waals surface area contributed by atoms with Crippen molar-refractivity contribution in [3.63, 3.8) is 0 Å². The molecule has 2 fully saturated rings. The second-order valence-electron chi connectivity index (χ2n) is 7.18. The second-order valence-corrected chi connectivity index (χ2v) is 7.18. The third-order valence-electron chi connectivity index (χ3n) is 5.39. The quantitative estimate of drug-likeness (QED) is 0.830. The van der Waals surface area contributed by atoms with Crippen molar-refractivity contribution >= 4 is 18.3 Å². The van der Waals surface area contributed by atoms with Gasteiger partial charge in [-0.05, 0) is 82.7 Å². The van der Waals surface area contributed by atoms with Crippen LogP contribution in [0.2, 0.25) is 0 Å². The van der Waals surface area contributed by atoms with Gasteiger partial charge < -0.3 is 15.0 Å². The Morgan fingerprint density at radius 2 is 1.92 bits per heavy atom. The van der Waals surface area contributed by atoms with Gasteiger partial charge in [-0.3, -0.25) is 4.79 Å². The van der Waals surface area contributed by atoms with Crippen LogP contribution in [0.3, 0.4) is 0 Å². The van der Waals surface area contributed by atoms with Crippen LogP contribution in [0.4, 0.5) is 0 Å². The molecular formula is C20H31ClN2O2. The van der Waals surface area contributed by atoms with Crippen molar-refractivity contribution in [1.82, 2.24) is 10.2 Å². The summed E-state index contributed by atoms with van der Waals surface area (Å²) in [7, 11) is 2.00. The number of amides is 1. The van der Waals surface area contributed by atoms with E-state index < -0.39 is 0 Å². The maximum atomic E-state index is 12.8. The Hall–Kier alpha value is -1.26. The number of hydrogen-bond donors (Lipinski definition) is 1. The van der Waals surface area contributed by atoms with Crippen molar-refractivity contribution in [1.29, 1.82) is 0 Å². The first-order chi connectivity index (χ1) is 11.8. The summed E-state index contributed by atoms with van der Waals surface area (Å²) in [6.07, 6.45) is 8.56. The van der Waals surface area contributed by atoms with Crippen molar-refractivity contribution in [2.24, 2.45) is 5.92 Å². The Labute approximate surface area is 157 Å². The van der Waals surface area contributed by atoms with Gasteiger partial charge in [0, 0.05) is 18.7 Å². The van der Waals surface area contributed by atoms with Crippen LogP contribution in [0.1, 0.15) is 55.3 Å². The predicted octanol–water partition coefficient (Wildman–Crippen LogP) is 3.89. The average molecular weight is 367 g/mol. The van der Waals surface area contributed by atoms with Gasteiger partial charge in [0.1, 0.15) is 5.75 Å². The van der Waals surface area contributed by atoms with E-state index in [0.29, 0.717) is 6.10 Å². The van der Waals surface area contributed by atoms with Crippen LogP contribution in [0.5, 0.6) is 5.75 Å². The lowest BCUT2D eigenvalue weighted by atomic mass is 9.93. The summed E-state index contributed by atoms with van der Waals surface area (Å²) in [5, 5.41) is 3.22. The third kappa shape index (κ3) is 5.61. The van der Waals surface area contributed by atoms with Gasteiger partial charge in [-0.1, -0.05) is 6.07 Å². The zero-order valence-corrected chi connectivity index (χ0v) is 16.0. The zero-order chi connectivity index (χ0) is 16.8. The Morgan fingerprint density at radius 3 is 2.60 bits per heavy atom. The molecule has 0 aromatic heterocycles. The van der Waals surface area contributed by atoms with Gasteiger partial charge in [0.05, 0.1) is 6.10 Å². The molecule has 0 unspecified atom stereocenters. The minimum absolute atomic E-state index is 0. The highest BCUT2D eigenvalue weighted by Gasteiger charge is 2.24. The highest BCUT2D eigenvalue weighted by atomic mass is 35.5. The molecule has 0 radical (unpaired) electrons. The Bertz CT molecular complexity index is 538. The lowest BCUT2D eigenvalue weighted by molar-refractivity contribution is 0.0686. The molecule has 25 heavy (non-hydrogen) atoms. The van der Waals surface area contributed by atoms with Crippen LogP contribution in [-0.2, 0) is 0 Å². The van der Waals surface area contributed by atoms with Gasteiger partial charge in [-0.2, -0.15) is 0 Å². The summed E-state index contributed by atoms with van der Waals surface area (Å²) < 4.78 is 6.04. The van der Waals surface area contributed by atoms with E-state index in [2.05, 4.69) is 5.32 Å². The number of benzene rings is 1. The normalized spacial score (nSPS) is 18.8. The molecule has 0 bridgehead atoms.